The van der Waals surface area contributed by atoms with Crippen molar-refractivity contribution < 1.29 is 5.11 Å². The smallest absolute Gasteiger partial charge is 0.262 e. The van der Waals surface area contributed by atoms with Crippen LogP contribution < -0.4 is 5.56 Å². The van der Waals surface area contributed by atoms with E-state index in [0.29, 0.717) is 5.69 Å². The third kappa shape index (κ3) is 2.70. The third-order valence-corrected chi connectivity index (χ3v) is 4.56. The molecule has 0 bridgehead atoms. The Morgan fingerprint density at radius 1 is 1.15 bits per heavy atom. The highest BCUT2D eigenvalue weighted by atomic mass is 32.1. The minimum Gasteiger partial charge on any atom is -0.494 e. The van der Waals surface area contributed by atoms with Gasteiger partial charge in [-0.1, -0.05) is 35.9 Å². The summed E-state index contributed by atoms with van der Waals surface area (Å²) in [7, 11) is 0. The standard InChI is InChI=1S/C20H15N3O2S/c1-12-6-8-14(9-7-12)23-19(25)16(18(24)22-20(23)26)10-13-11-21-17-5-3-2-4-15(13)17/h2-11,25H,1H3,(H,22,24,26). The van der Waals surface area contributed by atoms with Crippen molar-refractivity contribution in [3.63, 3.8) is 0 Å². The highest BCUT2D eigenvalue weighted by Crippen LogP contribution is 2.33. The Hall–Kier alpha value is -3.25. The van der Waals surface area contributed by atoms with Gasteiger partial charge in [0.1, 0.15) is 5.56 Å². The Kier molecular flexibility index (Phi) is 3.89. The maximum absolute atomic E-state index is 12.4. The predicted octanol–water partition coefficient (Wildman–Crippen LogP) is 4.17. The lowest BCUT2D eigenvalue weighted by molar-refractivity contribution is 0.432. The number of nitrogens with zero attached hydrogens (tertiary/aromatic N) is 2. The summed E-state index contributed by atoms with van der Waals surface area (Å²) in [4.78, 5) is 19.4. The molecule has 2 N–H and O–H groups in total. The molecule has 6 heteroatoms. The summed E-state index contributed by atoms with van der Waals surface area (Å²) in [5, 5.41) is 10.8. The number of H-pyrrole nitrogens is 1. The minimum absolute atomic E-state index is 0.136. The number of benzene rings is 2. The number of aromatic nitrogens is 2. The van der Waals surface area contributed by atoms with Crippen LogP contribution >= 0.6 is 12.2 Å². The number of rotatable bonds is 2. The van der Waals surface area contributed by atoms with Gasteiger partial charge in [-0.2, -0.15) is 0 Å². The van der Waals surface area contributed by atoms with Gasteiger partial charge in [-0.25, -0.2) is 0 Å². The molecule has 0 amide bonds. The quantitative estimate of drug-likeness (QED) is 0.673. The van der Waals surface area contributed by atoms with Crippen LogP contribution in [0.5, 0.6) is 5.88 Å². The lowest BCUT2D eigenvalue weighted by Crippen LogP contribution is -2.16. The van der Waals surface area contributed by atoms with Crippen LogP contribution in [0.25, 0.3) is 17.3 Å². The molecule has 0 aliphatic carbocycles. The summed E-state index contributed by atoms with van der Waals surface area (Å²) in [6.45, 7) is 1.97. The van der Waals surface area contributed by atoms with Gasteiger partial charge < -0.3 is 5.11 Å². The minimum atomic E-state index is -0.443. The van der Waals surface area contributed by atoms with Crippen LogP contribution in [0.1, 0.15) is 16.7 Å². The normalized spacial score (nSPS) is 14.0. The average Bonchev–Trinajstić information content (AvgIpc) is 3.03. The number of fused-ring (bicyclic) bond motifs is 1. The lowest BCUT2D eigenvalue weighted by Gasteiger charge is -2.12. The molecule has 4 rings (SSSR count). The van der Waals surface area contributed by atoms with Gasteiger partial charge in [-0.3, -0.25) is 19.3 Å². The molecular weight excluding hydrogens is 346 g/mol. The SMILES string of the molecule is Cc1ccc(-n2c(O)c(C=C3C=Nc4ccccc43)c(=O)[nH]c2=S)cc1. The van der Waals surface area contributed by atoms with E-state index in [1.807, 2.05) is 55.5 Å². The molecule has 3 aromatic rings. The number of allylic oxidation sites excluding steroid dienone is 1. The number of nitrogens with one attached hydrogen (secondary N) is 1. The van der Waals surface area contributed by atoms with Crippen LogP contribution in [0.15, 0.2) is 58.3 Å². The zero-order valence-electron chi connectivity index (χ0n) is 13.9. The van der Waals surface area contributed by atoms with E-state index in [1.165, 1.54) is 4.57 Å². The van der Waals surface area contributed by atoms with Crippen LogP contribution in [0.2, 0.25) is 0 Å². The molecular formula is C20H15N3O2S. The maximum atomic E-state index is 12.4. The fourth-order valence-electron chi connectivity index (χ4n) is 2.91. The van der Waals surface area contributed by atoms with E-state index in [2.05, 4.69) is 9.98 Å². The summed E-state index contributed by atoms with van der Waals surface area (Å²) < 4.78 is 1.58. The molecule has 0 fully saturated rings. The summed E-state index contributed by atoms with van der Waals surface area (Å²) in [6.07, 6.45) is 3.31. The van der Waals surface area contributed by atoms with Gasteiger partial charge in [0.15, 0.2) is 4.77 Å². The predicted molar refractivity (Wildman–Crippen MR) is 106 cm³/mol. The van der Waals surface area contributed by atoms with E-state index in [-0.39, 0.29) is 16.2 Å². The van der Waals surface area contributed by atoms with E-state index < -0.39 is 5.56 Å². The number of aromatic amines is 1. The van der Waals surface area contributed by atoms with E-state index in [4.69, 9.17) is 12.2 Å². The summed E-state index contributed by atoms with van der Waals surface area (Å²) in [5.41, 5.74) is 3.96. The highest BCUT2D eigenvalue weighted by Gasteiger charge is 2.16. The topological polar surface area (TPSA) is 70.4 Å². The van der Waals surface area contributed by atoms with E-state index in [1.54, 1.807) is 12.3 Å². The highest BCUT2D eigenvalue weighted by molar-refractivity contribution is 7.71. The number of para-hydroxylation sites is 1. The van der Waals surface area contributed by atoms with Crippen molar-refractivity contribution in [2.45, 2.75) is 6.92 Å². The monoisotopic (exact) mass is 361 g/mol. The van der Waals surface area contributed by atoms with Crippen LogP contribution in [-0.2, 0) is 0 Å². The first kappa shape index (κ1) is 16.2. The molecule has 0 unspecified atom stereocenters. The van der Waals surface area contributed by atoms with Gasteiger partial charge in [-0.05, 0) is 43.4 Å². The van der Waals surface area contributed by atoms with Crippen molar-refractivity contribution in [1.29, 1.82) is 0 Å². The van der Waals surface area contributed by atoms with Crippen LogP contribution in [0.3, 0.4) is 0 Å². The van der Waals surface area contributed by atoms with Crippen molar-refractivity contribution >= 4 is 35.8 Å². The number of hydrogen-bond donors (Lipinski definition) is 2. The molecule has 1 aromatic heterocycles. The summed E-state index contributed by atoms with van der Waals surface area (Å²) in [6, 6.07) is 15.1. The molecule has 128 valence electrons. The van der Waals surface area contributed by atoms with Crippen LogP contribution in [0, 0.1) is 11.7 Å². The first-order chi connectivity index (χ1) is 12.5. The van der Waals surface area contributed by atoms with Gasteiger partial charge in [0.2, 0.25) is 5.88 Å². The first-order valence-electron chi connectivity index (χ1n) is 8.05. The van der Waals surface area contributed by atoms with Gasteiger partial charge in [0.05, 0.1) is 11.4 Å². The second kappa shape index (κ2) is 6.24. The van der Waals surface area contributed by atoms with Gasteiger partial charge in [0, 0.05) is 17.4 Å². The first-order valence-corrected chi connectivity index (χ1v) is 8.46. The van der Waals surface area contributed by atoms with Gasteiger partial charge in [0.25, 0.3) is 5.56 Å². The molecule has 26 heavy (non-hydrogen) atoms. The molecule has 2 aromatic carbocycles. The Morgan fingerprint density at radius 2 is 1.88 bits per heavy atom. The molecule has 0 saturated carbocycles. The fraction of sp³-hybridized carbons (Fsp3) is 0.0500. The molecule has 5 nitrogen and oxygen atoms in total. The fourth-order valence-corrected chi connectivity index (χ4v) is 3.20. The number of hydrogen-bond acceptors (Lipinski definition) is 4. The second-order valence-electron chi connectivity index (χ2n) is 6.04. The van der Waals surface area contributed by atoms with E-state index >= 15 is 0 Å². The Bertz CT molecular complexity index is 1180. The second-order valence-corrected chi connectivity index (χ2v) is 6.43. The number of aryl methyl sites for hydroxylation is 1. The molecule has 0 atom stereocenters. The van der Waals surface area contributed by atoms with E-state index in [0.717, 1.165) is 22.4 Å². The van der Waals surface area contributed by atoms with Crippen molar-refractivity contribution in [3.8, 4) is 11.6 Å². The zero-order chi connectivity index (χ0) is 18.3. The Labute approximate surface area is 154 Å². The van der Waals surface area contributed by atoms with Crippen molar-refractivity contribution in [2.75, 3.05) is 0 Å². The number of aliphatic imine (C=N–C) groups is 1. The van der Waals surface area contributed by atoms with Crippen molar-refractivity contribution in [1.82, 2.24) is 9.55 Å². The largest absolute Gasteiger partial charge is 0.494 e. The molecule has 0 saturated heterocycles. The Balaban J connectivity index is 1.91. The molecule has 2 heterocycles. The molecule has 0 radical (unpaired) electrons. The average molecular weight is 361 g/mol. The molecule has 0 spiro atoms. The number of aromatic hydroxyl groups is 1. The molecule has 1 aliphatic rings. The van der Waals surface area contributed by atoms with Crippen molar-refractivity contribution in [2.24, 2.45) is 4.99 Å². The van der Waals surface area contributed by atoms with Gasteiger partial charge in [-0.15, -0.1) is 0 Å². The lowest BCUT2D eigenvalue weighted by atomic mass is 10.1. The Morgan fingerprint density at radius 3 is 2.65 bits per heavy atom. The zero-order valence-corrected chi connectivity index (χ0v) is 14.7. The van der Waals surface area contributed by atoms with Crippen LogP contribution in [0.4, 0.5) is 5.69 Å². The molecule has 1 aliphatic heterocycles. The van der Waals surface area contributed by atoms with Gasteiger partial charge >= 0.3 is 0 Å². The summed E-state index contributed by atoms with van der Waals surface area (Å²) >= 11 is 5.25. The third-order valence-electron chi connectivity index (χ3n) is 4.27. The van der Waals surface area contributed by atoms with E-state index in [9.17, 15) is 9.90 Å². The van der Waals surface area contributed by atoms with Crippen LogP contribution in [-0.4, -0.2) is 20.9 Å². The summed E-state index contributed by atoms with van der Waals surface area (Å²) in [5.74, 6) is -0.201. The maximum Gasteiger partial charge on any atom is 0.262 e. The van der Waals surface area contributed by atoms with Crippen molar-refractivity contribution in [3.05, 3.63) is 80.3 Å².